The molecule has 1 N–H and O–H groups in total. The fraction of sp³-hybridized carbons (Fsp3) is 0.833. The first-order chi connectivity index (χ1) is 9.20. The van der Waals surface area contributed by atoms with Gasteiger partial charge in [0.25, 0.3) is 0 Å². The van der Waals surface area contributed by atoms with Crippen LogP contribution < -0.4 is 0 Å². The molecule has 0 radical (unpaired) electrons. The number of likely N-dealkylation sites (N-methyl/N-ethyl adjacent to an activating group) is 1. The highest BCUT2D eigenvalue weighted by atomic mass is 32.2. The highest BCUT2D eigenvalue weighted by Gasteiger charge is 2.34. The summed E-state index contributed by atoms with van der Waals surface area (Å²) in [5.41, 5.74) is 0. The quantitative estimate of drug-likeness (QED) is 0.770. The van der Waals surface area contributed by atoms with Crippen LogP contribution in [0.5, 0.6) is 0 Å². The van der Waals surface area contributed by atoms with E-state index in [0.717, 1.165) is 0 Å². The van der Waals surface area contributed by atoms with Gasteiger partial charge in [-0.25, -0.2) is 17.5 Å². The zero-order valence-electron chi connectivity index (χ0n) is 12.1. The molecule has 7 nitrogen and oxygen atoms in total. The third kappa shape index (κ3) is 3.69. The van der Waals surface area contributed by atoms with E-state index in [1.807, 2.05) is 0 Å². The van der Waals surface area contributed by atoms with Gasteiger partial charge in [0, 0.05) is 20.1 Å². The lowest BCUT2D eigenvalue weighted by Gasteiger charge is -2.34. The molecule has 0 aromatic heterocycles. The molecule has 2 atom stereocenters. The van der Waals surface area contributed by atoms with Crippen molar-refractivity contribution in [3.05, 3.63) is 0 Å². The lowest BCUT2D eigenvalue weighted by Crippen LogP contribution is -2.49. The van der Waals surface area contributed by atoms with E-state index in [1.165, 1.54) is 23.2 Å². The number of rotatable bonds is 5. The van der Waals surface area contributed by atoms with Gasteiger partial charge in [-0.2, -0.15) is 0 Å². The summed E-state index contributed by atoms with van der Waals surface area (Å²) in [6.45, 7) is 3.58. The molecule has 0 bridgehead atoms. The van der Waals surface area contributed by atoms with Crippen molar-refractivity contribution in [2.24, 2.45) is 5.92 Å². The summed E-state index contributed by atoms with van der Waals surface area (Å²) in [5, 5.41) is 8.92. The fourth-order valence-electron chi connectivity index (χ4n) is 2.22. The highest BCUT2D eigenvalue weighted by Crippen LogP contribution is 2.21. The van der Waals surface area contributed by atoms with Crippen LogP contribution in [0.15, 0.2) is 0 Å². The molecule has 8 heteroatoms. The van der Waals surface area contributed by atoms with E-state index in [4.69, 9.17) is 5.11 Å². The van der Waals surface area contributed by atoms with E-state index in [1.54, 1.807) is 6.92 Å². The first-order valence-corrected chi connectivity index (χ1v) is 8.29. The number of carbonyl (C=O) groups excluding carboxylic acids is 1. The summed E-state index contributed by atoms with van der Waals surface area (Å²) in [4.78, 5) is 24.3. The lowest BCUT2D eigenvalue weighted by molar-refractivity contribution is -0.150. The lowest BCUT2D eigenvalue weighted by atomic mass is 9.97. The van der Waals surface area contributed by atoms with Gasteiger partial charge in [0.1, 0.15) is 6.04 Å². The maximum absolute atomic E-state index is 12.2. The molecular formula is C12H22N2O5S. The average Bonchev–Trinajstić information content (AvgIpc) is 2.44. The van der Waals surface area contributed by atoms with E-state index in [-0.39, 0.29) is 18.2 Å². The molecular weight excluding hydrogens is 284 g/mol. The topological polar surface area (TPSA) is 95.0 Å². The Balaban J connectivity index is 2.77. The van der Waals surface area contributed by atoms with E-state index < -0.39 is 28.0 Å². The molecule has 0 aromatic rings. The number of hydrogen-bond acceptors (Lipinski definition) is 4. The molecule has 0 aliphatic carbocycles. The second kappa shape index (κ2) is 6.53. The molecule has 1 amide bonds. The molecule has 1 fully saturated rings. The van der Waals surface area contributed by atoms with Crippen molar-refractivity contribution in [1.82, 2.24) is 9.21 Å². The molecule has 0 spiro atoms. The standard InChI is InChI=1S/C12H22N2O5S/c1-4-20(18,19)14-7-5-6-10(8-14)11(15)13(3)9(2)12(16)17/h9-10H,4-8H2,1-3H3,(H,16,17). The van der Waals surface area contributed by atoms with Crippen molar-refractivity contribution >= 4 is 21.9 Å². The molecule has 1 aliphatic heterocycles. The number of amides is 1. The van der Waals surface area contributed by atoms with Gasteiger partial charge in [-0.1, -0.05) is 0 Å². The Morgan fingerprint density at radius 2 is 2.05 bits per heavy atom. The van der Waals surface area contributed by atoms with Crippen molar-refractivity contribution in [3.63, 3.8) is 0 Å². The highest BCUT2D eigenvalue weighted by molar-refractivity contribution is 7.89. The van der Waals surface area contributed by atoms with Crippen LogP contribution in [0.25, 0.3) is 0 Å². The second-order valence-electron chi connectivity index (χ2n) is 5.06. The van der Waals surface area contributed by atoms with Crippen LogP contribution in [-0.2, 0) is 19.6 Å². The maximum atomic E-state index is 12.2. The third-order valence-corrected chi connectivity index (χ3v) is 5.63. The Morgan fingerprint density at radius 3 is 2.55 bits per heavy atom. The van der Waals surface area contributed by atoms with Crippen molar-refractivity contribution < 1.29 is 23.1 Å². The van der Waals surface area contributed by atoms with Gasteiger partial charge in [0.15, 0.2) is 0 Å². The minimum atomic E-state index is -3.30. The van der Waals surface area contributed by atoms with Crippen LogP contribution >= 0.6 is 0 Å². The Labute approximate surface area is 119 Å². The molecule has 1 saturated heterocycles. The van der Waals surface area contributed by atoms with Gasteiger partial charge in [-0.15, -0.1) is 0 Å². The number of aliphatic carboxylic acids is 1. The SMILES string of the molecule is CCS(=O)(=O)N1CCCC(C(=O)N(C)C(C)C(=O)O)C1. The summed E-state index contributed by atoms with van der Waals surface area (Å²) in [5.74, 6) is -1.84. The van der Waals surface area contributed by atoms with E-state index in [2.05, 4.69) is 0 Å². The molecule has 2 unspecified atom stereocenters. The van der Waals surface area contributed by atoms with Crippen LogP contribution in [0.4, 0.5) is 0 Å². The Kier molecular flexibility index (Phi) is 5.52. The largest absolute Gasteiger partial charge is 0.480 e. The predicted octanol–water partition coefficient (Wildman–Crippen LogP) is -0.0204. The number of piperidine rings is 1. The number of nitrogens with zero attached hydrogens (tertiary/aromatic N) is 2. The minimum Gasteiger partial charge on any atom is -0.480 e. The van der Waals surface area contributed by atoms with Gasteiger partial charge in [-0.05, 0) is 26.7 Å². The average molecular weight is 306 g/mol. The van der Waals surface area contributed by atoms with Crippen LogP contribution in [0.1, 0.15) is 26.7 Å². The second-order valence-corrected chi connectivity index (χ2v) is 7.32. The van der Waals surface area contributed by atoms with Crippen LogP contribution in [0.2, 0.25) is 0 Å². The Hall–Kier alpha value is -1.15. The van der Waals surface area contributed by atoms with Gasteiger partial charge in [0.05, 0.1) is 11.7 Å². The fourth-order valence-corrected chi connectivity index (χ4v) is 3.40. The first kappa shape index (κ1) is 16.9. The molecule has 1 aliphatic rings. The summed E-state index contributed by atoms with van der Waals surface area (Å²) in [7, 11) is -1.86. The van der Waals surface area contributed by atoms with E-state index in [0.29, 0.717) is 19.4 Å². The summed E-state index contributed by atoms with van der Waals surface area (Å²) in [6, 6.07) is -0.916. The molecule has 1 heterocycles. The Morgan fingerprint density at radius 1 is 1.45 bits per heavy atom. The normalized spacial score (nSPS) is 22.2. The molecule has 0 aromatic carbocycles. The van der Waals surface area contributed by atoms with E-state index >= 15 is 0 Å². The van der Waals surface area contributed by atoms with E-state index in [9.17, 15) is 18.0 Å². The smallest absolute Gasteiger partial charge is 0.326 e. The van der Waals surface area contributed by atoms with Gasteiger partial charge < -0.3 is 10.0 Å². The molecule has 0 saturated carbocycles. The zero-order chi connectivity index (χ0) is 15.5. The van der Waals surface area contributed by atoms with Crippen molar-refractivity contribution in [2.75, 3.05) is 25.9 Å². The molecule has 20 heavy (non-hydrogen) atoms. The maximum Gasteiger partial charge on any atom is 0.326 e. The van der Waals surface area contributed by atoms with Crippen LogP contribution in [-0.4, -0.2) is 66.5 Å². The van der Waals surface area contributed by atoms with Crippen molar-refractivity contribution in [1.29, 1.82) is 0 Å². The number of carboxylic acid groups (broad SMARTS) is 1. The first-order valence-electron chi connectivity index (χ1n) is 6.68. The minimum absolute atomic E-state index is 0.00920. The number of carbonyl (C=O) groups is 2. The number of hydrogen-bond donors (Lipinski definition) is 1. The van der Waals surface area contributed by atoms with Gasteiger partial charge in [0.2, 0.25) is 15.9 Å². The monoisotopic (exact) mass is 306 g/mol. The Bertz CT molecular complexity index is 476. The van der Waals surface area contributed by atoms with Crippen LogP contribution in [0, 0.1) is 5.92 Å². The molecule has 116 valence electrons. The molecule has 1 rings (SSSR count). The summed E-state index contributed by atoms with van der Waals surface area (Å²) < 4.78 is 25.0. The van der Waals surface area contributed by atoms with Crippen LogP contribution in [0.3, 0.4) is 0 Å². The third-order valence-electron chi connectivity index (χ3n) is 3.78. The summed E-state index contributed by atoms with van der Waals surface area (Å²) >= 11 is 0. The van der Waals surface area contributed by atoms with Crippen molar-refractivity contribution in [2.45, 2.75) is 32.7 Å². The van der Waals surface area contributed by atoms with Crippen molar-refractivity contribution in [3.8, 4) is 0 Å². The predicted molar refractivity (Wildman–Crippen MR) is 73.6 cm³/mol. The number of carboxylic acids is 1. The zero-order valence-corrected chi connectivity index (χ0v) is 12.9. The van der Waals surface area contributed by atoms with Gasteiger partial charge in [-0.3, -0.25) is 4.79 Å². The summed E-state index contributed by atoms with van der Waals surface area (Å²) in [6.07, 6.45) is 1.20. The number of sulfonamides is 1. The van der Waals surface area contributed by atoms with Gasteiger partial charge >= 0.3 is 5.97 Å².